The fraction of sp³-hybridized carbons (Fsp3) is 0.429. The Balaban J connectivity index is 2.13. The lowest BCUT2D eigenvalue weighted by Crippen LogP contribution is -2.61. The van der Waals surface area contributed by atoms with Gasteiger partial charge >= 0.3 is 29.8 Å². The van der Waals surface area contributed by atoms with Crippen molar-refractivity contribution in [2.24, 2.45) is 0 Å². The third-order valence-electron chi connectivity index (χ3n) is 5.81. The third-order valence-corrected chi connectivity index (χ3v) is 8.37. The van der Waals surface area contributed by atoms with Crippen molar-refractivity contribution < 1.29 is 57.2 Å². The van der Waals surface area contributed by atoms with E-state index in [0.29, 0.717) is 5.56 Å². The zero-order valence-electron chi connectivity index (χ0n) is 24.0. The minimum absolute atomic E-state index is 0.0131. The summed E-state index contributed by atoms with van der Waals surface area (Å²) in [5.41, 5.74) is 5.19. The number of esters is 5. The first kappa shape index (κ1) is 33.6. The minimum Gasteiger partial charge on any atom is -0.463 e. The second-order valence-electron chi connectivity index (χ2n) is 9.11. The monoisotopic (exact) mass is 637 g/mol. The van der Waals surface area contributed by atoms with Crippen molar-refractivity contribution in [1.82, 2.24) is 0 Å². The van der Waals surface area contributed by atoms with E-state index in [1.165, 1.54) is 0 Å². The molecule has 0 unspecified atom stereocenters. The van der Waals surface area contributed by atoms with E-state index in [4.69, 9.17) is 34.2 Å². The molecule has 13 nitrogen and oxygen atoms in total. The summed E-state index contributed by atoms with van der Waals surface area (Å²) >= 11 is 1.74. The smallest absolute Gasteiger partial charge is 0.342 e. The minimum atomic E-state index is -1.41. The lowest BCUT2D eigenvalue weighted by Gasteiger charge is -2.44. The normalized spacial score (nSPS) is 21.3. The summed E-state index contributed by atoms with van der Waals surface area (Å²) < 4.78 is 33.0. The number of ether oxygens (including phenoxy) is 6. The van der Waals surface area contributed by atoms with Gasteiger partial charge < -0.3 is 34.2 Å². The topological polar surface area (TPSA) is 184 Å². The molecule has 1 saturated heterocycles. The van der Waals surface area contributed by atoms with Crippen LogP contribution in [0.15, 0.2) is 34.5 Å². The molecule has 43 heavy (non-hydrogen) atoms. The Bertz CT molecular complexity index is 1380. The van der Waals surface area contributed by atoms with E-state index in [-0.39, 0.29) is 26.9 Å². The van der Waals surface area contributed by atoms with Crippen molar-refractivity contribution in [2.75, 3.05) is 18.9 Å². The molecular formula is C28H31NO12S2. The summed E-state index contributed by atoms with van der Waals surface area (Å²) in [6.45, 7) is 5.68. The number of rotatable bonds is 11. The molecule has 15 heteroatoms. The van der Waals surface area contributed by atoms with Crippen LogP contribution < -0.4 is 5.73 Å². The van der Waals surface area contributed by atoms with Gasteiger partial charge in [-0.1, -0.05) is 42.1 Å². The molecule has 2 N–H and O–H groups in total. The number of carbonyl (C=O) groups is 6. The maximum absolute atomic E-state index is 13.3. The number of hydrogen-bond donors (Lipinski definition) is 1. The molecule has 1 aromatic carbocycles. The molecule has 1 aromatic heterocycles. The highest BCUT2D eigenvalue weighted by atomic mass is 32.2. The van der Waals surface area contributed by atoms with Crippen LogP contribution in [0.25, 0.3) is 0 Å². The van der Waals surface area contributed by atoms with E-state index in [9.17, 15) is 28.8 Å². The van der Waals surface area contributed by atoms with Crippen molar-refractivity contribution in [3.05, 3.63) is 46.3 Å². The van der Waals surface area contributed by atoms with Crippen LogP contribution in [0.2, 0.25) is 0 Å². The van der Waals surface area contributed by atoms with Crippen LogP contribution in [0, 0.1) is 0 Å². The summed E-state index contributed by atoms with van der Waals surface area (Å²) in [5, 5.41) is 0. The lowest BCUT2D eigenvalue weighted by molar-refractivity contribution is -0.237. The standard InChI is InChI=1S/C28H31NO12S2/c1-6-36-26(35)19-20(29)25(21(34)17-10-8-7-9-11-17)42-28(19)43-27-24(40-16(5)33)23(39-15(4)32)22(38-14(3)31)18(41-27)12-37-13(2)30/h7-11,18,22-24,27H,6,12,29H2,1-5H3/t18-,22+,23+,24-,27+/m1/s1. The predicted molar refractivity (Wildman–Crippen MR) is 152 cm³/mol. The molecule has 0 saturated carbocycles. The van der Waals surface area contributed by atoms with Gasteiger partial charge in [-0.25, -0.2) is 4.79 Å². The van der Waals surface area contributed by atoms with Crippen molar-refractivity contribution in [2.45, 2.75) is 68.7 Å². The second kappa shape index (κ2) is 15.0. The Morgan fingerprint density at radius 2 is 1.42 bits per heavy atom. The van der Waals surface area contributed by atoms with Gasteiger partial charge in [0.1, 0.15) is 28.6 Å². The van der Waals surface area contributed by atoms with E-state index in [0.717, 1.165) is 50.8 Å². The molecule has 3 rings (SSSR count). The molecule has 0 spiro atoms. The number of anilines is 1. The molecule has 5 atom stereocenters. The summed E-state index contributed by atoms with van der Waals surface area (Å²) in [4.78, 5) is 74.4. The van der Waals surface area contributed by atoms with Crippen LogP contribution in [0.3, 0.4) is 0 Å². The van der Waals surface area contributed by atoms with E-state index in [1.807, 2.05) is 0 Å². The van der Waals surface area contributed by atoms with Crippen molar-refractivity contribution in [1.29, 1.82) is 0 Å². The summed E-state index contributed by atoms with van der Waals surface area (Å²) in [6.07, 6.45) is -5.35. The van der Waals surface area contributed by atoms with Crippen LogP contribution in [0.5, 0.6) is 0 Å². The number of ketones is 1. The SMILES string of the molecule is CCOC(=O)c1c(S[C@@H]2O[C@H](COC(C)=O)[C@H](OC(C)=O)[C@H](OC(C)=O)[C@H]2OC(C)=O)sc(C(=O)c2ccccc2)c1N. The Labute approximate surface area is 255 Å². The molecular weight excluding hydrogens is 606 g/mol. The molecule has 0 aliphatic carbocycles. The van der Waals surface area contributed by atoms with Crippen LogP contribution in [-0.4, -0.2) is 78.7 Å². The molecule has 232 valence electrons. The average Bonchev–Trinajstić information content (AvgIpc) is 3.25. The number of nitrogen functional groups attached to an aromatic ring is 1. The van der Waals surface area contributed by atoms with Crippen molar-refractivity contribution >= 4 is 64.4 Å². The fourth-order valence-electron chi connectivity index (χ4n) is 4.18. The van der Waals surface area contributed by atoms with Gasteiger partial charge in [0.15, 0.2) is 18.3 Å². The maximum Gasteiger partial charge on any atom is 0.342 e. The molecule has 2 heterocycles. The Morgan fingerprint density at radius 3 is 1.98 bits per heavy atom. The van der Waals surface area contributed by atoms with Gasteiger partial charge in [-0.3, -0.25) is 24.0 Å². The number of carbonyl (C=O) groups excluding carboxylic acids is 6. The van der Waals surface area contributed by atoms with Gasteiger partial charge in [0.2, 0.25) is 5.78 Å². The number of hydrogen-bond acceptors (Lipinski definition) is 15. The highest BCUT2D eigenvalue weighted by molar-refractivity contribution is 8.01. The second-order valence-corrected chi connectivity index (χ2v) is 11.5. The predicted octanol–water partition coefficient (Wildman–Crippen LogP) is 2.91. The highest BCUT2D eigenvalue weighted by Gasteiger charge is 2.53. The van der Waals surface area contributed by atoms with Gasteiger partial charge in [0, 0.05) is 33.3 Å². The summed E-state index contributed by atoms with van der Waals surface area (Å²) in [5.74, 6) is -4.27. The molecule has 0 bridgehead atoms. The largest absolute Gasteiger partial charge is 0.463 e. The first-order valence-electron chi connectivity index (χ1n) is 13.0. The van der Waals surface area contributed by atoms with Gasteiger partial charge in [-0.2, -0.15) is 0 Å². The van der Waals surface area contributed by atoms with E-state index in [2.05, 4.69) is 0 Å². The van der Waals surface area contributed by atoms with Crippen LogP contribution in [0.1, 0.15) is 60.2 Å². The van der Waals surface area contributed by atoms with Gasteiger partial charge in [0.05, 0.1) is 16.5 Å². The number of benzene rings is 1. The van der Waals surface area contributed by atoms with Crippen LogP contribution >= 0.6 is 23.1 Å². The van der Waals surface area contributed by atoms with Gasteiger partial charge in [-0.05, 0) is 6.92 Å². The third kappa shape index (κ3) is 8.55. The fourth-order valence-corrected chi connectivity index (χ4v) is 6.88. The molecule has 1 fully saturated rings. The first-order chi connectivity index (χ1) is 20.3. The van der Waals surface area contributed by atoms with E-state index >= 15 is 0 Å². The zero-order valence-corrected chi connectivity index (χ0v) is 25.6. The highest BCUT2D eigenvalue weighted by Crippen LogP contribution is 2.45. The van der Waals surface area contributed by atoms with Crippen molar-refractivity contribution in [3.63, 3.8) is 0 Å². The Morgan fingerprint density at radius 1 is 0.837 bits per heavy atom. The average molecular weight is 638 g/mol. The van der Waals surface area contributed by atoms with E-state index < -0.39 is 72.1 Å². The van der Waals surface area contributed by atoms with E-state index in [1.54, 1.807) is 37.3 Å². The zero-order chi connectivity index (χ0) is 31.8. The Kier molecular flexibility index (Phi) is 11.7. The number of nitrogens with two attached hydrogens (primary N) is 1. The summed E-state index contributed by atoms with van der Waals surface area (Å²) in [7, 11) is 0. The molecule has 1 aliphatic rings. The quantitative estimate of drug-likeness (QED) is 0.215. The van der Waals surface area contributed by atoms with Crippen LogP contribution in [-0.2, 0) is 47.6 Å². The lowest BCUT2D eigenvalue weighted by atomic mass is 9.99. The van der Waals surface area contributed by atoms with Gasteiger partial charge in [0.25, 0.3) is 0 Å². The Hall–Kier alpha value is -3.95. The summed E-state index contributed by atoms with van der Waals surface area (Å²) in [6, 6.07) is 8.28. The number of thioether (sulfide) groups is 1. The van der Waals surface area contributed by atoms with Crippen LogP contribution in [0.4, 0.5) is 5.69 Å². The molecule has 2 aromatic rings. The maximum atomic E-state index is 13.3. The molecule has 0 radical (unpaired) electrons. The van der Waals surface area contributed by atoms with Crippen molar-refractivity contribution in [3.8, 4) is 0 Å². The molecule has 0 amide bonds. The van der Waals surface area contributed by atoms with Gasteiger partial charge in [-0.15, -0.1) is 11.3 Å². The number of thiophene rings is 1. The molecule has 1 aliphatic heterocycles. The first-order valence-corrected chi connectivity index (χ1v) is 14.7.